The highest BCUT2D eigenvalue weighted by atomic mass is 79.9. The van der Waals surface area contributed by atoms with Crippen LogP contribution in [0, 0.1) is 0 Å². The first-order chi connectivity index (χ1) is 8.18. The van der Waals surface area contributed by atoms with Gasteiger partial charge in [-0.25, -0.2) is 9.97 Å². The van der Waals surface area contributed by atoms with Gasteiger partial charge in [0.25, 0.3) is 0 Å². The second-order valence-corrected chi connectivity index (χ2v) is 4.79. The van der Waals surface area contributed by atoms with Gasteiger partial charge in [-0.3, -0.25) is 0 Å². The largest absolute Gasteiger partial charge is 0.354 e. The van der Waals surface area contributed by atoms with E-state index >= 15 is 0 Å². The molecule has 0 aliphatic heterocycles. The van der Waals surface area contributed by atoms with Crippen LogP contribution in [0.5, 0.6) is 0 Å². The van der Waals surface area contributed by atoms with Crippen LogP contribution in [-0.2, 0) is 6.54 Å². The fourth-order valence-corrected chi connectivity index (χ4v) is 2.17. The number of hydrogen-bond donors (Lipinski definition) is 0. The zero-order valence-electron chi connectivity index (χ0n) is 9.27. The van der Waals surface area contributed by atoms with Crippen molar-refractivity contribution >= 4 is 33.3 Å². The number of benzene rings is 1. The number of halogens is 2. The van der Waals surface area contributed by atoms with E-state index in [1.54, 1.807) is 0 Å². The van der Waals surface area contributed by atoms with Gasteiger partial charge < -0.3 is 4.90 Å². The molecule has 1 aromatic carbocycles. The van der Waals surface area contributed by atoms with Crippen LogP contribution in [0.4, 0.5) is 5.82 Å². The van der Waals surface area contributed by atoms with Crippen molar-refractivity contribution < 1.29 is 0 Å². The second kappa shape index (κ2) is 5.47. The summed E-state index contributed by atoms with van der Waals surface area (Å²) in [6.45, 7) is 0.771. The quantitative estimate of drug-likeness (QED) is 0.812. The average molecular weight is 313 g/mol. The molecule has 0 bridgehead atoms. The van der Waals surface area contributed by atoms with Crippen LogP contribution >= 0.6 is 27.5 Å². The molecule has 2 rings (SSSR count). The van der Waals surface area contributed by atoms with Gasteiger partial charge in [0.2, 0.25) is 0 Å². The van der Waals surface area contributed by atoms with E-state index < -0.39 is 0 Å². The van der Waals surface area contributed by atoms with Crippen molar-refractivity contribution in [3.05, 3.63) is 51.8 Å². The van der Waals surface area contributed by atoms with Gasteiger partial charge in [-0.2, -0.15) is 0 Å². The molecule has 3 nitrogen and oxygen atoms in total. The number of anilines is 1. The van der Waals surface area contributed by atoms with E-state index in [0.29, 0.717) is 5.15 Å². The lowest BCUT2D eigenvalue weighted by Crippen LogP contribution is -2.18. The van der Waals surface area contributed by atoms with E-state index in [1.807, 2.05) is 30.1 Å². The zero-order valence-corrected chi connectivity index (χ0v) is 11.6. The van der Waals surface area contributed by atoms with Gasteiger partial charge in [0.15, 0.2) is 0 Å². The summed E-state index contributed by atoms with van der Waals surface area (Å²) in [5.41, 5.74) is 1.22. The third-order valence-electron chi connectivity index (χ3n) is 2.35. The Morgan fingerprint density at radius 3 is 2.65 bits per heavy atom. The summed E-state index contributed by atoms with van der Waals surface area (Å²) in [6.07, 6.45) is 1.46. The second-order valence-electron chi connectivity index (χ2n) is 3.64. The van der Waals surface area contributed by atoms with E-state index in [-0.39, 0.29) is 0 Å². The lowest BCUT2D eigenvalue weighted by Gasteiger charge is -2.19. The van der Waals surface area contributed by atoms with E-state index in [0.717, 1.165) is 16.8 Å². The maximum absolute atomic E-state index is 5.94. The molecule has 0 amide bonds. The summed E-state index contributed by atoms with van der Waals surface area (Å²) < 4.78 is 0.722. The SMILES string of the molecule is CN(Cc1ccccc1)c1ncnc(Cl)c1Br. The van der Waals surface area contributed by atoms with E-state index in [2.05, 4.69) is 38.0 Å². The van der Waals surface area contributed by atoms with Gasteiger partial charge in [0.05, 0.1) is 4.47 Å². The Bertz CT molecular complexity index is 504. The van der Waals surface area contributed by atoms with Crippen LogP contribution in [0.25, 0.3) is 0 Å². The summed E-state index contributed by atoms with van der Waals surface area (Å²) >= 11 is 9.33. The molecule has 0 radical (unpaired) electrons. The summed E-state index contributed by atoms with van der Waals surface area (Å²) in [4.78, 5) is 10.1. The van der Waals surface area contributed by atoms with Gasteiger partial charge in [0.1, 0.15) is 17.3 Å². The summed E-state index contributed by atoms with van der Waals surface area (Å²) in [7, 11) is 1.97. The Labute approximate surface area is 114 Å². The summed E-state index contributed by atoms with van der Waals surface area (Å²) in [5.74, 6) is 0.786. The Morgan fingerprint density at radius 2 is 1.94 bits per heavy atom. The maximum Gasteiger partial charge on any atom is 0.148 e. The number of hydrogen-bond acceptors (Lipinski definition) is 3. The highest BCUT2D eigenvalue weighted by Crippen LogP contribution is 2.28. The molecule has 17 heavy (non-hydrogen) atoms. The van der Waals surface area contributed by atoms with Crippen LogP contribution in [0.15, 0.2) is 41.1 Å². The molecule has 5 heteroatoms. The predicted molar refractivity (Wildman–Crippen MR) is 73.3 cm³/mol. The van der Waals surface area contributed by atoms with Crippen molar-refractivity contribution in [1.29, 1.82) is 0 Å². The van der Waals surface area contributed by atoms with Crippen molar-refractivity contribution in [1.82, 2.24) is 9.97 Å². The minimum absolute atomic E-state index is 0.426. The highest BCUT2D eigenvalue weighted by Gasteiger charge is 2.11. The van der Waals surface area contributed by atoms with Crippen molar-refractivity contribution in [3.63, 3.8) is 0 Å². The topological polar surface area (TPSA) is 29.0 Å². The van der Waals surface area contributed by atoms with Gasteiger partial charge >= 0.3 is 0 Å². The Morgan fingerprint density at radius 1 is 1.24 bits per heavy atom. The minimum atomic E-state index is 0.426. The Kier molecular flexibility index (Phi) is 3.97. The first kappa shape index (κ1) is 12.3. The van der Waals surface area contributed by atoms with Gasteiger partial charge in [0, 0.05) is 13.6 Å². The van der Waals surface area contributed by atoms with Crippen LogP contribution in [0.1, 0.15) is 5.56 Å². The van der Waals surface area contributed by atoms with E-state index in [4.69, 9.17) is 11.6 Å². The monoisotopic (exact) mass is 311 g/mol. The maximum atomic E-state index is 5.94. The van der Waals surface area contributed by atoms with E-state index in [1.165, 1.54) is 11.9 Å². The van der Waals surface area contributed by atoms with Gasteiger partial charge in [-0.15, -0.1) is 0 Å². The molecule has 2 aromatic rings. The predicted octanol–water partition coefficient (Wildman–Crippen LogP) is 3.53. The molecule has 0 saturated heterocycles. The molecule has 0 fully saturated rings. The van der Waals surface area contributed by atoms with Crippen LogP contribution in [0.3, 0.4) is 0 Å². The number of nitrogens with zero attached hydrogens (tertiary/aromatic N) is 3. The van der Waals surface area contributed by atoms with Crippen LogP contribution < -0.4 is 4.90 Å². The molecule has 0 atom stereocenters. The number of aromatic nitrogens is 2. The lowest BCUT2D eigenvalue weighted by atomic mass is 10.2. The van der Waals surface area contributed by atoms with Crippen molar-refractivity contribution in [3.8, 4) is 0 Å². The van der Waals surface area contributed by atoms with Crippen molar-refractivity contribution in [2.75, 3.05) is 11.9 Å². The van der Waals surface area contributed by atoms with Gasteiger partial charge in [-0.05, 0) is 21.5 Å². The zero-order chi connectivity index (χ0) is 12.3. The normalized spacial score (nSPS) is 10.3. The standard InChI is InChI=1S/C12H11BrClN3/c1-17(7-9-5-3-2-4-6-9)12-10(13)11(14)15-8-16-12/h2-6,8H,7H2,1H3. The molecule has 0 spiro atoms. The molecule has 0 unspecified atom stereocenters. The molecule has 1 aromatic heterocycles. The molecule has 1 heterocycles. The first-order valence-corrected chi connectivity index (χ1v) is 6.26. The highest BCUT2D eigenvalue weighted by molar-refractivity contribution is 9.10. The third kappa shape index (κ3) is 2.96. The molecule has 0 aliphatic carbocycles. The average Bonchev–Trinajstić information content (AvgIpc) is 2.34. The third-order valence-corrected chi connectivity index (χ3v) is 3.60. The summed E-state index contributed by atoms with van der Waals surface area (Å²) in [5, 5.41) is 0.426. The Balaban J connectivity index is 2.20. The lowest BCUT2D eigenvalue weighted by molar-refractivity contribution is 0.886. The number of rotatable bonds is 3. The fraction of sp³-hybridized carbons (Fsp3) is 0.167. The molecule has 0 N–H and O–H groups in total. The summed E-state index contributed by atoms with van der Waals surface area (Å²) in [6, 6.07) is 10.2. The van der Waals surface area contributed by atoms with Crippen molar-refractivity contribution in [2.24, 2.45) is 0 Å². The minimum Gasteiger partial charge on any atom is -0.354 e. The first-order valence-electron chi connectivity index (χ1n) is 5.09. The van der Waals surface area contributed by atoms with Crippen molar-refractivity contribution in [2.45, 2.75) is 6.54 Å². The van der Waals surface area contributed by atoms with Crippen LogP contribution in [0.2, 0.25) is 5.15 Å². The molecular formula is C12H11BrClN3. The smallest absolute Gasteiger partial charge is 0.148 e. The molecule has 88 valence electrons. The molecule has 0 saturated carbocycles. The van der Waals surface area contributed by atoms with Crippen LogP contribution in [-0.4, -0.2) is 17.0 Å². The van der Waals surface area contributed by atoms with E-state index in [9.17, 15) is 0 Å². The Hall–Kier alpha value is -1.13. The molecule has 0 aliphatic rings. The fourth-order valence-electron chi connectivity index (χ4n) is 1.54. The van der Waals surface area contributed by atoms with Gasteiger partial charge in [-0.1, -0.05) is 41.9 Å². The molecular weight excluding hydrogens is 302 g/mol.